The van der Waals surface area contributed by atoms with E-state index in [2.05, 4.69) is 56.3 Å². The van der Waals surface area contributed by atoms with Crippen LogP contribution in [0.4, 0.5) is 5.69 Å². The van der Waals surface area contributed by atoms with Crippen molar-refractivity contribution in [3.63, 3.8) is 0 Å². The van der Waals surface area contributed by atoms with Crippen LogP contribution < -0.4 is 10.5 Å². The first-order valence-corrected chi connectivity index (χ1v) is 14.0. The number of aryl methyl sites for hydroxylation is 2. The van der Waals surface area contributed by atoms with E-state index in [0.717, 1.165) is 66.3 Å². The molecule has 1 aliphatic carbocycles. The van der Waals surface area contributed by atoms with E-state index in [1.165, 1.54) is 30.5 Å². The molecule has 9 heteroatoms. The first-order chi connectivity index (χ1) is 18.5. The minimum absolute atomic E-state index is 0.0855. The highest BCUT2D eigenvalue weighted by molar-refractivity contribution is 6.30. The first kappa shape index (κ1) is 25.1. The maximum atomic E-state index is 13.6. The van der Waals surface area contributed by atoms with E-state index >= 15 is 0 Å². The van der Waals surface area contributed by atoms with Gasteiger partial charge in [0.25, 0.3) is 5.56 Å². The molecule has 0 amide bonds. The van der Waals surface area contributed by atoms with Crippen molar-refractivity contribution in [1.29, 1.82) is 0 Å². The zero-order chi connectivity index (χ0) is 26.2. The van der Waals surface area contributed by atoms with E-state index in [4.69, 9.17) is 11.6 Å². The van der Waals surface area contributed by atoms with Crippen LogP contribution in [-0.2, 0) is 0 Å². The molecule has 1 saturated carbocycles. The maximum absolute atomic E-state index is 13.6. The Hall–Kier alpha value is -3.23. The van der Waals surface area contributed by atoms with Gasteiger partial charge in [-0.1, -0.05) is 48.6 Å². The predicted molar refractivity (Wildman–Crippen MR) is 151 cm³/mol. The van der Waals surface area contributed by atoms with E-state index in [-0.39, 0.29) is 17.6 Å². The lowest BCUT2D eigenvalue weighted by Crippen LogP contribution is -2.49. The number of piperazine rings is 1. The van der Waals surface area contributed by atoms with Crippen LogP contribution in [-0.4, -0.2) is 56.3 Å². The Bertz CT molecular complexity index is 1500. The number of hydrogen-bond donors (Lipinski definition) is 1. The number of hydrogen-bond acceptors (Lipinski definition) is 6. The molecule has 1 saturated heterocycles. The number of tetrazole rings is 1. The summed E-state index contributed by atoms with van der Waals surface area (Å²) >= 11 is 6.33. The Morgan fingerprint density at radius 3 is 2.55 bits per heavy atom. The zero-order valence-corrected chi connectivity index (χ0v) is 22.8. The molecule has 2 fully saturated rings. The third-order valence-corrected chi connectivity index (χ3v) is 8.43. The summed E-state index contributed by atoms with van der Waals surface area (Å²) in [6.07, 6.45) is 5.76. The topological polar surface area (TPSA) is 82.9 Å². The summed E-state index contributed by atoms with van der Waals surface area (Å²) in [6.45, 7) is 7.40. The highest BCUT2D eigenvalue weighted by Crippen LogP contribution is 2.34. The summed E-state index contributed by atoms with van der Waals surface area (Å²) in [4.78, 5) is 21.4. The van der Waals surface area contributed by atoms with Gasteiger partial charge in [0, 0.05) is 48.0 Å². The Morgan fingerprint density at radius 1 is 0.974 bits per heavy atom. The van der Waals surface area contributed by atoms with E-state index < -0.39 is 0 Å². The molecule has 1 atom stereocenters. The van der Waals surface area contributed by atoms with E-state index in [1.807, 2.05) is 35.0 Å². The van der Waals surface area contributed by atoms with Crippen LogP contribution in [0.25, 0.3) is 10.9 Å². The highest BCUT2D eigenvalue weighted by atomic mass is 35.5. The molecule has 2 aromatic carbocycles. The van der Waals surface area contributed by atoms with E-state index in [1.54, 1.807) is 0 Å². The summed E-state index contributed by atoms with van der Waals surface area (Å²) in [5.41, 5.74) is 4.99. The lowest BCUT2D eigenvalue weighted by molar-refractivity contribution is 0.192. The minimum Gasteiger partial charge on any atom is -0.369 e. The molecule has 0 spiro atoms. The average Bonchev–Trinajstić information content (AvgIpc) is 3.41. The largest absolute Gasteiger partial charge is 0.369 e. The van der Waals surface area contributed by atoms with Gasteiger partial charge in [-0.05, 0) is 78.4 Å². The van der Waals surface area contributed by atoms with Crippen LogP contribution in [0, 0.1) is 13.8 Å². The molecular weight excluding hydrogens is 498 g/mol. The Balaban J connectivity index is 1.39. The van der Waals surface area contributed by atoms with Crippen molar-refractivity contribution in [1.82, 2.24) is 30.1 Å². The van der Waals surface area contributed by atoms with Crippen molar-refractivity contribution in [2.45, 2.75) is 58.0 Å². The second-order valence-electron chi connectivity index (χ2n) is 10.8. The van der Waals surface area contributed by atoms with Crippen LogP contribution in [0.5, 0.6) is 0 Å². The number of fused-ring (bicyclic) bond motifs is 1. The molecule has 8 nitrogen and oxygen atoms in total. The van der Waals surface area contributed by atoms with Gasteiger partial charge in [0.15, 0.2) is 5.82 Å². The van der Waals surface area contributed by atoms with Crippen LogP contribution >= 0.6 is 11.6 Å². The Morgan fingerprint density at radius 2 is 1.76 bits per heavy atom. The average molecular weight is 532 g/mol. The third kappa shape index (κ3) is 4.83. The number of halogens is 1. The molecule has 1 aliphatic heterocycles. The van der Waals surface area contributed by atoms with E-state index in [0.29, 0.717) is 5.56 Å². The Kier molecular flexibility index (Phi) is 6.93. The monoisotopic (exact) mass is 531 g/mol. The van der Waals surface area contributed by atoms with Gasteiger partial charge in [-0.3, -0.25) is 9.69 Å². The van der Waals surface area contributed by atoms with Crippen molar-refractivity contribution in [3.05, 3.63) is 80.4 Å². The summed E-state index contributed by atoms with van der Waals surface area (Å²) in [5.74, 6) is 0.766. The van der Waals surface area contributed by atoms with Gasteiger partial charge in [0.1, 0.15) is 6.04 Å². The lowest BCUT2D eigenvalue weighted by atomic mass is 9.95. The molecule has 4 aromatic rings. The number of rotatable bonds is 5. The van der Waals surface area contributed by atoms with Crippen molar-refractivity contribution in [2.24, 2.45) is 0 Å². The highest BCUT2D eigenvalue weighted by Gasteiger charge is 2.34. The SMILES string of the molecule is Cc1ccc2[nH]c(=O)c(C(c3nnnn3C3CCCCC3)N3CCN(c4cc(Cl)ccc4C)CC3)cc2c1. The molecule has 1 N–H and O–H groups in total. The normalized spacial score (nSPS) is 18.2. The van der Waals surface area contributed by atoms with Crippen LogP contribution in [0.15, 0.2) is 47.3 Å². The second kappa shape index (κ2) is 10.5. The molecule has 198 valence electrons. The van der Waals surface area contributed by atoms with Crippen molar-refractivity contribution in [3.8, 4) is 0 Å². The summed E-state index contributed by atoms with van der Waals surface area (Å²) in [5, 5.41) is 14.9. The summed E-state index contributed by atoms with van der Waals surface area (Å²) in [7, 11) is 0. The number of nitrogens with one attached hydrogen (secondary N) is 1. The molecular formula is C29H34ClN7O. The standard InChI is InChI=1S/C29H34ClN7O/c1-19-8-11-25-21(16-19)17-24(29(38)31-25)27(28-32-33-34-37(28)23-6-4-3-5-7-23)36-14-12-35(13-15-36)26-18-22(30)10-9-20(26)2/h8-11,16-18,23,27H,3-7,12-15H2,1-2H3,(H,31,38). The number of pyridine rings is 1. The molecule has 1 unspecified atom stereocenters. The summed E-state index contributed by atoms with van der Waals surface area (Å²) < 4.78 is 2.01. The van der Waals surface area contributed by atoms with Crippen molar-refractivity contribution in [2.75, 3.05) is 31.1 Å². The first-order valence-electron chi connectivity index (χ1n) is 13.6. The quantitative estimate of drug-likeness (QED) is 0.381. The number of nitrogens with zero attached hydrogens (tertiary/aromatic N) is 6. The van der Waals surface area contributed by atoms with Gasteiger partial charge in [-0.25, -0.2) is 4.68 Å². The van der Waals surface area contributed by atoms with Gasteiger partial charge in [0.2, 0.25) is 0 Å². The molecule has 3 heterocycles. The molecule has 0 radical (unpaired) electrons. The van der Waals surface area contributed by atoms with Crippen LogP contribution in [0.1, 0.15) is 66.7 Å². The lowest BCUT2D eigenvalue weighted by Gasteiger charge is -2.40. The van der Waals surface area contributed by atoms with Gasteiger partial charge >= 0.3 is 0 Å². The minimum atomic E-state index is -0.330. The second-order valence-corrected chi connectivity index (χ2v) is 11.2. The number of aromatic amines is 1. The zero-order valence-electron chi connectivity index (χ0n) is 22.0. The Labute approximate surface area is 227 Å². The fraction of sp³-hybridized carbons (Fsp3) is 0.448. The van der Waals surface area contributed by atoms with Crippen molar-refractivity contribution < 1.29 is 0 Å². The number of benzene rings is 2. The van der Waals surface area contributed by atoms with Gasteiger partial charge in [0.05, 0.1) is 6.04 Å². The molecule has 38 heavy (non-hydrogen) atoms. The fourth-order valence-corrected chi connectivity index (χ4v) is 6.32. The van der Waals surface area contributed by atoms with Crippen molar-refractivity contribution >= 4 is 28.2 Å². The maximum Gasteiger partial charge on any atom is 0.253 e. The number of H-pyrrole nitrogens is 1. The number of anilines is 1. The van der Waals surface area contributed by atoms with E-state index in [9.17, 15) is 4.79 Å². The summed E-state index contributed by atoms with van der Waals surface area (Å²) in [6, 6.07) is 14.2. The van der Waals surface area contributed by atoms with Crippen LogP contribution in [0.3, 0.4) is 0 Å². The van der Waals surface area contributed by atoms with Gasteiger partial charge in [-0.15, -0.1) is 5.10 Å². The number of aromatic nitrogens is 5. The molecule has 2 aromatic heterocycles. The smallest absolute Gasteiger partial charge is 0.253 e. The molecule has 6 rings (SSSR count). The van der Waals surface area contributed by atoms with Gasteiger partial charge < -0.3 is 9.88 Å². The fourth-order valence-electron chi connectivity index (χ4n) is 6.16. The predicted octanol–water partition coefficient (Wildman–Crippen LogP) is 5.20. The third-order valence-electron chi connectivity index (χ3n) is 8.20. The van der Waals surface area contributed by atoms with Crippen LogP contribution in [0.2, 0.25) is 5.02 Å². The van der Waals surface area contributed by atoms with Gasteiger partial charge in [-0.2, -0.15) is 0 Å². The molecule has 2 aliphatic rings. The molecule has 0 bridgehead atoms.